The van der Waals surface area contributed by atoms with Crippen LogP contribution in [0.15, 0.2) is 69.2 Å². The molecule has 0 aliphatic carbocycles. The second-order valence-electron chi connectivity index (χ2n) is 7.39. The first-order valence-electron chi connectivity index (χ1n) is 10.1. The molecule has 1 amide bonds. The number of aliphatic hydroxyl groups is 1. The van der Waals surface area contributed by atoms with Gasteiger partial charge in [0, 0.05) is 16.1 Å². The smallest absolute Gasteiger partial charge is 0.301 e. The molecule has 1 aromatic heterocycles. The van der Waals surface area contributed by atoms with Crippen LogP contribution in [-0.2, 0) is 9.59 Å². The highest BCUT2D eigenvalue weighted by molar-refractivity contribution is 9.10. The highest BCUT2D eigenvalue weighted by atomic mass is 79.9. The maximum Gasteiger partial charge on any atom is 0.301 e. The SMILES string of the molecule is CCCOc1ccc(C(O)=C2C(=O)C(=O)N(c3cc(C)on3)[C@@H]2c2ccc(Br)cc2)cc1. The number of nitrogens with zero attached hydrogens (tertiary/aromatic N) is 2. The summed E-state index contributed by atoms with van der Waals surface area (Å²) in [4.78, 5) is 27.3. The number of halogens is 1. The van der Waals surface area contributed by atoms with Crippen LogP contribution in [-0.4, -0.2) is 28.6 Å². The number of aromatic nitrogens is 1. The zero-order valence-corrected chi connectivity index (χ0v) is 19.1. The Hall–Kier alpha value is -3.39. The fourth-order valence-electron chi connectivity index (χ4n) is 3.58. The number of hydrogen-bond donors (Lipinski definition) is 1. The molecule has 4 rings (SSSR count). The van der Waals surface area contributed by atoms with Gasteiger partial charge in [-0.15, -0.1) is 0 Å². The van der Waals surface area contributed by atoms with E-state index in [0.717, 1.165) is 10.9 Å². The molecule has 8 heteroatoms. The lowest BCUT2D eigenvalue weighted by molar-refractivity contribution is -0.132. The average Bonchev–Trinajstić information content (AvgIpc) is 3.33. The molecule has 1 atom stereocenters. The van der Waals surface area contributed by atoms with Gasteiger partial charge in [0.05, 0.1) is 18.2 Å². The summed E-state index contributed by atoms with van der Waals surface area (Å²) in [7, 11) is 0. The number of amides is 1. The van der Waals surface area contributed by atoms with Crippen molar-refractivity contribution in [3.8, 4) is 5.75 Å². The minimum Gasteiger partial charge on any atom is -0.507 e. The third-order valence-electron chi connectivity index (χ3n) is 5.09. The highest BCUT2D eigenvalue weighted by Crippen LogP contribution is 2.42. The van der Waals surface area contributed by atoms with Crippen molar-refractivity contribution < 1.29 is 24.0 Å². The first kappa shape index (κ1) is 21.8. The molecule has 1 N–H and O–H groups in total. The van der Waals surface area contributed by atoms with Gasteiger partial charge in [0.1, 0.15) is 17.3 Å². The molecule has 164 valence electrons. The van der Waals surface area contributed by atoms with E-state index in [1.165, 1.54) is 4.90 Å². The van der Waals surface area contributed by atoms with Gasteiger partial charge in [0.15, 0.2) is 5.82 Å². The molecule has 2 aromatic carbocycles. The van der Waals surface area contributed by atoms with E-state index in [4.69, 9.17) is 9.26 Å². The van der Waals surface area contributed by atoms with E-state index in [-0.39, 0.29) is 17.2 Å². The van der Waals surface area contributed by atoms with Crippen LogP contribution in [0, 0.1) is 6.92 Å². The van der Waals surface area contributed by atoms with Crippen LogP contribution in [0.3, 0.4) is 0 Å². The zero-order valence-electron chi connectivity index (χ0n) is 17.5. The molecule has 1 fully saturated rings. The molecule has 1 saturated heterocycles. The summed E-state index contributed by atoms with van der Waals surface area (Å²) in [6.07, 6.45) is 0.875. The Labute approximate surface area is 193 Å². The van der Waals surface area contributed by atoms with Crippen molar-refractivity contribution in [1.82, 2.24) is 5.16 Å². The molecule has 7 nitrogen and oxygen atoms in total. The maximum atomic E-state index is 13.1. The predicted octanol–water partition coefficient (Wildman–Crippen LogP) is 5.16. The number of benzene rings is 2. The number of hydrogen-bond acceptors (Lipinski definition) is 6. The second kappa shape index (κ2) is 9.00. The zero-order chi connectivity index (χ0) is 22.8. The van der Waals surface area contributed by atoms with Crippen molar-refractivity contribution in [3.63, 3.8) is 0 Å². The Bertz CT molecular complexity index is 1180. The minimum atomic E-state index is -0.858. The fraction of sp³-hybridized carbons (Fsp3) is 0.208. The first-order valence-corrected chi connectivity index (χ1v) is 10.9. The number of Topliss-reactive ketones (excluding diaryl/α,β-unsaturated/α-hetero) is 1. The van der Waals surface area contributed by atoms with Crippen LogP contribution in [0.4, 0.5) is 5.82 Å². The van der Waals surface area contributed by atoms with Crippen LogP contribution >= 0.6 is 15.9 Å². The topological polar surface area (TPSA) is 92.9 Å². The summed E-state index contributed by atoms with van der Waals surface area (Å²) >= 11 is 3.40. The summed E-state index contributed by atoms with van der Waals surface area (Å²) in [6, 6.07) is 14.7. The molecule has 32 heavy (non-hydrogen) atoms. The molecule has 1 aliphatic rings. The lowest BCUT2D eigenvalue weighted by Crippen LogP contribution is -2.29. The predicted molar refractivity (Wildman–Crippen MR) is 122 cm³/mol. The summed E-state index contributed by atoms with van der Waals surface area (Å²) < 4.78 is 11.6. The number of ether oxygens (including phenoxy) is 1. The molecule has 0 spiro atoms. The van der Waals surface area contributed by atoms with Gasteiger partial charge in [-0.1, -0.05) is 40.1 Å². The summed E-state index contributed by atoms with van der Waals surface area (Å²) in [5.74, 6) is -0.468. The molecule has 1 aliphatic heterocycles. The lowest BCUT2D eigenvalue weighted by atomic mass is 9.95. The maximum absolute atomic E-state index is 13.1. The van der Waals surface area contributed by atoms with Crippen LogP contribution in [0.1, 0.15) is 36.3 Å². The van der Waals surface area contributed by atoms with Gasteiger partial charge >= 0.3 is 5.91 Å². The van der Waals surface area contributed by atoms with Gasteiger partial charge < -0.3 is 14.4 Å². The number of carbonyl (C=O) groups is 2. The Balaban J connectivity index is 1.83. The third kappa shape index (κ3) is 4.05. The van der Waals surface area contributed by atoms with Gasteiger partial charge in [0.25, 0.3) is 5.78 Å². The van der Waals surface area contributed by atoms with Gasteiger partial charge in [0.2, 0.25) is 0 Å². The van der Waals surface area contributed by atoms with Gasteiger partial charge in [-0.2, -0.15) is 0 Å². The summed E-state index contributed by atoms with van der Waals surface area (Å²) in [6.45, 7) is 4.29. The molecule has 2 heterocycles. The number of ketones is 1. The molecular formula is C24H21BrN2O5. The molecular weight excluding hydrogens is 476 g/mol. The highest BCUT2D eigenvalue weighted by Gasteiger charge is 2.48. The van der Waals surface area contributed by atoms with E-state index in [9.17, 15) is 14.7 Å². The van der Waals surface area contributed by atoms with E-state index in [1.807, 2.05) is 19.1 Å². The van der Waals surface area contributed by atoms with Gasteiger partial charge in [-0.05, 0) is 55.3 Å². The Morgan fingerprint density at radius 3 is 2.44 bits per heavy atom. The van der Waals surface area contributed by atoms with Crippen LogP contribution in [0.2, 0.25) is 0 Å². The number of aliphatic hydroxyl groups excluding tert-OH is 1. The van der Waals surface area contributed by atoms with E-state index in [1.54, 1.807) is 49.4 Å². The lowest BCUT2D eigenvalue weighted by Gasteiger charge is -2.23. The van der Waals surface area contributed by atoms with Gasteiger partial charge in [-0.3, -0.25) is 14.5 Å². The van der Waals surface area contributed by atoms with E-state index >= 15 is 0 Å². The minimum absolute atomic E-state index is 0.0137. The fourth-order valence-corrected chi connectivity index (χ4v) is 3.84. The van der Waals surface area contributed by atoms with Crippen molar-refractivity contribution >= 4 is 39.2 Å². The molecule has 0 saturated carbocycles. The quantitative estimate of drug-likeness (QED) is 0.287. The third-order valence-corrected chi connectivity index (χ3v) is 5.62. The molecule has 0 radical (unpaired) electrons. The number of anilines is 1. The average molecular weight is 497 g/mol. The van der Waals surface area contributed by atoms with E-state index in [2.05, 4.69) is 21.1 Å². The number of aryl methyl sites for hydroxylation is 1. The van der Waals surface area contributed by atoms with Crippen molar-refractivity contribution in [2.24, 2.45) is 0 Å². The molecule has 3 aromatic rings. The van der Waals surface area contributed by atoms with E-state index < -0.39 is 17.7 Å². The second-order valence-corrected chi connectivity index (χ2v) is 8.30. The Morgan fingerprint density at radius 1 is 1.16 bits per heavy atom. The summed E-state index contributed by atoms with van der Waals surface area (Å²) in [5.41, 5.74) is 1.04. The standard InChI is InChI=1S/C24H21BrN2O5/c1-3-12-31-18-10-6-16(7-11-18)22(28)20-21(15-4-8-17(25)9-5-15)27(24(30)23(20)29)19-13-14(2)32-26-19/h4-11,13,21,28H,3,12H2,1-2H3/t21-/m1/s1. The van der Waals surface area contributed by atoms with Crippen LogP contribution < -0.4 is 9.64 Å². The molecule has 0 unspecified atom stereocenters. The summed E-state index contributed by atoms with van der Waals surface area (Å²) in [5, 5.41) is 15.0. The number of rotatable bonds is 6. The van der Waals surface area contributed by atoms with Crippen LogP contribution in [0.5, 0.6) is 5.75 Å². The van der Waals surface area contributed by atoms with Gasteiger partial charge in [-0.25, -0.2) is 0 Å². The van der Waals surface area contributed by atoms with Crippen LogP contribution in [0.25, 0.3) is 5.76 Å². The first-order chi connectivity index (χ1) is 15.4. The number of carbonyl (C=O) groups excluding carboxylic acids is 2. The monoisotopic (exact) mass is 496 g/mol. The van der Waals surface area contributed by atoms with Crippen molar-refractivity contribution in [2.75, 3.05) is 11.5 Å². The normalized spacial score (nSPS) is 17.7. The Kier molecular flexibility index (Phi) is 6.14. The van der Waals surface area contributed by atoms with Crippen molar-refractivity contribution in [3.05, 3.63) is 81.5 Å². The Morgan fingerprint density at radius 2 is 1.84 bits per heavy atom. The largest absolute Gasteiger partial charge is 0.507 e. The van der Waals surface area contributed by atoms with Crippen molar-refractivity contribution in [2.45, 2.75) is 26.3 Å². The van der Waals surface area contributed by atoms with E-state index in [0.29, 0.717) is 29.2 Å². The molecule has 0 bridgehead atoms. The van der Waals surface area contributed by atoms with Crippen molar-refractivity contribution in [1.29, 1.82) is 0 Å².